The summed E-state index contributed by atoms with van der Waals surface area (Å²) in [4.78, 5) is 25.3. The molecule has 6 heteroatoms. The molecule has 1 aromatic carbocycles. The Morgan fingerprint density at radius 3 is 2.43 bits per heavy atom. The predicted octanol–water partition coefficient (Wildman–Crippen LogP) is 0.150. The van der Waals surface area contributed by atoms with Crippen molar-refractivity contribution >= 4 is 11.8 Å². The number of nitrogens with one attached hydrogen (secondary N) is 2. The first kappa shape index (κ1) is 15.5. The quantitative estimate of drug-likeness (QED) is 0.690. The van der Waals surface area contributed by atoms with E-state index in [1.54, 1.807) is 24.3 Å². The van der Waals surface area contributed by atoms with Crippen LogP contribution in [0.25, 0.3) is 0 Å². The third kappa shape index (κ3) is 3.80. The molecule has 1 aromatic rings. The molecule has 1 aliphatic rings. The summed E-state index contributed by atoms with van der Waals surface area (Å²) >= 11 is 0. The van der Waals surface area contributed by atoms with Gasteiger partial charge in [0.1, 0.15) is 0 Å². The van der Waals surface area contributed by atoms with Gasteiger partial charge < -0.3 is 5.11 Å². The van der Waals surface area contributed by atoms with E-state index < -0.39 is 5.60 Å². The van der Waals surface area contributed by atoms with Crippen LogP contribution in [0.15, 0.2) is 30.3 Å². The van der Waals surface area contributed by atoms with Crippen molar-refractivity contribution in [2.45, 2.75) is 19.4 Å². The third-order valence-corrected chi connectivity index (χ3v) is 3.79. The number of nitrogens with zero attached hydrogens (tertiary/aromatic N) is 1. The van der Waals surface area contributed by atoms with Gasteiger partial charge in [-0.15, -0.1) is 0 Å². The third-order valence-electron chi connectivity index (χ3n) is 3.79. The second kappa shape index (κ2) is 6.24. The Morgan fingerprint density at radius 2 is 1.86 bits per heavy atom. The van der Waals surface area contributed by atoms with Crippen LogP contribution in [0, 0.1) is 5.92 Å². The summed E-state index contributed by atoms with van der Waals surface area (Å²) in [6, 6.07) is 8.65. The first-order valence-electron chi connectivity index (χ1n) is 7.00. The van der Waals surface area contributed by atoms with Gasteiger partial charge in [0.05, 0.1) is 12.1 Å². The molecule has 1 saturated heterocycles. The van der Waals surface area contributed by atoms with Gasteiger partial charge in [-0.25, -0.2) is 0 Å². The van der Waals surface area contributed by atoms with Crippen LogP contribution in [0.5, 0.6) is 0 Å². The molecule has 2 amide bonds. The second-order valence-electron chi connectivity index (χ2n) is 5.77. The van der Waals surface area contributed by atoms with Crippen molar-refractivity contribution in [3.05, 3.63) is 35.9 Å². The Labute approximate surface area is 124 Å². The Kier molecular flexibility index (Phi) is 4.59. The van der Waals surface area contributed by atoms with Gasteiger partial charge in [0, 0.05) is 18.7 Å². The van der Waals surface area contributed by atoms with E-state index in [0.29, 0.717) is 18.7 Å². The van der Waals surface area contributed by atoms with Crippen LogP contribution in [0.3, 0.4) is 0 Å². The number of hydrogen-bond donors (Lipinski definition) is 3. The van der Waals surface area contributed by atoms with E-state index in [0.717, 1.165) is 0 Å². The summed E-state index contributed by atoms with van der Waals surface area (Å²) in [5.74, 6) is -0.495. The van der Waals surface area contributed by atoms with Gasteiger partial charge in [-0.05, 0) is 18.1 Å². The summed E-state index contributed by atoms with van der Waals surface area (Å²) in [7, 11) is 0. The Hall–Kier alpha value is -1.92. The molecular formula is C15H21N3O3. The van der Waals surface area contributed by atoms with Gasteiger partial charge in [-0.3, -0.25) is 25.3 Å². The van der Waals surface area contributed by atoms with Gasteiger partial charge in [0.15, 0.2) is 0 Å². The lowest BCUT2D eigenvalue weighted by molar-refractivity contribution is -0.142. The van der Waals surface area contributed by atoms with Crippen molar-refractivity contribution in [3.63, 3.8) is 0 Å². The maximum Gasteiger partial charge on any atom is 0.269 e. The molecule has 0 spiro atoms. The number of rotatable bonds is 4. The summed E-state index contributed by atoms with van der Waals surface area (Å²) in [5.41, 5.74) is 4.52. The standard InChI is InChI=1S/C15H21N3O3/c1-11(2)15(21)9-18(10-15)8-13(19)16-17-14(20)12-6-4-3-5-7-12/h3-7,11,21H,8-10H2,1-2H3,(H,16,19)(H,17,20). The molecule has 1 fully saturated rings. The number of carbonyl (C=O) groups is 2. The molecule has 1 heterocycles. The molecule has 3 N–H and O–H groups in total. The monoisotopic (exact) mass is 291 g/mol. The highest BCUT2D eigenvalue weighted by atomic mass is 16.3. The molecule has 21 heavy (non-hydrogen) atoms. The maximum absolute atomic E-state index is 11.7. The van der Waals surface area contributed by atoms with E-state index >= 15 is 0 Å². The average Bonchev–Trinajstić information content (AvgIpc) is 2.43. The number of β-amino-alcohol motifs (C(OH)–C–C–N with tert-alkyl or cyclic N) is 1. The highest BCUT2D eigenvalue weighted by Gasteiger charge is 2.43. The number of benzene rings is 1. The van der Waals surface area contributed by atoms with Crippen molar-refractivity contribution in [2.75, 3.05) is 19.6 Å². The molecular weight excluding hydrogens is 270 g/mol. The molecule has 6 nitrogen and oxygen atoms in total. The van der Waals surface area contributed by atoms with Gasteiger partial charge in [-0.1, -0.05) is 32.0 Å². The van der Waals surface area contributed by atoms with Crippen LogP contribution in [0.2, 0.25) is 0 Å². The van der Waals surface area contributed by atoms with Crippen LogP contribution >= 0.6 is 0 Å². The maximum atomic E-state index is 11.7. The number of hydrazine groups is 1. The molecule has 0 atom stereocenters. The van der Waals surface area contributed by atoms with Crippen molar-refractivity contribution in [2.24, 2.45) is 5.92 Å². The number of amides is 2. The second-order valence-corrected chi connectivity index (χ2v) is 5.77. The zero-order valence-corrected chi connectivity index (χ0v) is 12.3. The summed E-state index contributed by atoms with van der Waals surface area (Å²) in [5, 5.41) is 10.1. The number of carbonyl (C=O) groups excluding carboxylic acids is 2. The summed E-state index contributed by atoms with van der Waals surface area (Å²) in [6.07, 6.45) is 0. The van der Waals surface area contributed by atoms with Crippen molar-refractivity contribution in [3.8, 4) is 0 Å². The SMILES string of the molecule is CC(C)C1(O)CN(CC(=O)NNC(=O)c2ccccc2)C1. The minimum absolute atomic E-state index is 0.157. The minimum Gasteiger partial charge on any atom is -0.387 e. The number of hydrogen-bond acceptors (Lipinski definition) is 4. The van der Waals surface area contributed by atoms with Gasteiger partial charge >= 0.3 is 0 Å². The molecule has 2 rings (SSSR count). The van der Waals surface area contributed by atoms with Crippen molar-refractivity contribution < 1.29 is 14.7 Å². The van der Waals surface area contributed by atoms with Crippen molar-refractivity contribution in [1.29, 1.82) is 0 Å². The van der Waals surface area contributed by atoms with Crippen LogP contribution in [-0.2, 0) is 4.79 Å². The van der Waals surface area contributed by atoms with E-state index in [9.17, 15) is 14.7 Å². The topological polar surface area (TPSA) is 81.7 Å². The summed E-state index contributed by atoms with van der Waals surface area (Å²) in [6.45, 7) is 5.02. The van der Waals surface area contributed by atoms with Crippen molar-refractivity contribution in [1.82, 2.24) is 15.8 Å². The number of aliphatic hydroxyl groups is 1. The van der Waals surface area contributed by atoms with Crippen LogP contribution in [0.1, 0.15) is 24.2 Å². The van der Waals surface area contributed by atoms with Gasteiger partial charge in [0.25, 0.3) is 11.8 Å². The Balaban J connectivity index is 1.71. The highest BCUT2D eigenvalue weighted by Crippen LogP contribution is 2.27. The molecule has 1 aliphatic heterocycles. The van der Waals surface area contributed by atoms with E-state index in [1.807, 2.05) is 24.8 Å². The molecule has 0 aliphatic carbocycles. The molecule has 0 saturated carbocycles. The molecule has 0 unspecified atom stereocenters. The lowest BCUT2D eigenvalue weighted by Gasteiger charge is -2.48. The first-order chi connectivity index (χ1) is 9.90. The van der Waals surface area contributed by atoms with Gasteiger partial charge in [-0.2, -0.15) is 0 Å². The van der Waals surface area contributed by atoms with E-state index in [-0.39, 0.29) is 24.3 Å². The zero-order valence-electron chi connectivity index (χ0n) is 12.3. The van der Waals surface area contributed by atoms with Crippen LogP contribution < -0.4 is 10.9 Å². The Bertz CT molecular complexity index is 510. The lowest BCUT2D eigenvalue weighted by Crippen LogP contribution is -2.66. The minimum atomic E-state index is -0.701. The fourth-order valence-electron chi connectivity index (χ4n) is 2.24. The lowest BCUT2D eigenvalue weighted by atomic mass is 9.83. The largest absolute Gasteiger partial charge is 0.387 e. The smallest absolute Gasteiger partial charge is 0.269 e. The fourth-order valence-corrected chi connectivity index (χ4v) is 2.24. The van der Waals surface area contributed by atoms with E-state index in [4.69, 9.17) is 0 Å². The molecule has 0 radical (unpaired) electrons. The van der Waals surface area contributed by atoms with E-state index in [2.05, 4.69) is 10.9 Å². The summed E-state index contributed by atoms with van der Waals surface area (Å²) < 4.78 is 0. The highest BCUT2D eigenvalue weighted by molar-refractivity contribution is 5.95. The van der Waals surface area contributed by atoms with Crippen LogP contribution in [-0.4, -0.2) is 47.1 Å². The zero-order chi connectivity index (χ0) is 15.5. The average molecular weight is 291 g/mol. The van der Waals surface area contributed by atoms with Crippen LogP contribution in [0.4, 0.5) is 0 Å². The molecule has 0 bridgehead atoms. The normalized spacial score (nSPS) is 17.1. The predicted molar refractivity (Wildman–Crippen MR) is 78.3 cm³/mol. The van der Waals surface area contributed by atoms with E-state index in [1.165, 1.54) is 0 Å². The fraction of sp³-hybridized carbons (Fsp3) is 0.467. The number of likely N-dealkylation sites (tertiary alicyclic amines) is 1. The van der Waals surface area contributed by atoms with Gasteiger partial charge in [0.2, 0.25) is 0 Å². The first-order valence-corrected chi connectivity index (χ1v) is 7.00. The molecule has 0 aromatic heterocycles. The molecule has 114 valence electrons. The Morgan fingerprint density at radius 1 is 1.24 bits per heavy atom.